The highest BCUT2D eigenvalue weighted by molar-refractivity contribution is 6.32. The number of halogens is 2. The summed E-state index contributed by atoms with van der Waals surface area (Å²) < 4.78 is 19.5. The van der Waals surface area contributed by atoms with Gasteiger partial charge in [-0.1, -0.05) is 35.3 Å². The highest BCUT2D eigenvalue weighted by atomic mass is 35.5. The summed E-state index contributed by atoms with van der Waals surface area (Å²) >= 11 is 12.6. The first-order valence-electron chi connectivity index (χ1n) is 13.7. The second-order valence-electron chi connectivity index (χ2n) is 10.6. The number of fused-ring (bicyclic) bond motifs is 2. The molecule has 1 aromatic heterocycles. The second kappa shape index (κ2) is 11.5. The molecular weight excluding hydrogens is 565 g/mol. The van der Waals surface area contributed by atoms with Gasteiger partial charge in [-0.3, -0.25) is 4.90 Å². The lowest BCUT2D eigenvalue weighted by Crippen LogP contribution is -2.36. The van der Waals surface area contributed by atoms with Crippen molar-refractivity contribution in [3.05, 3.63) is 86.7 Å². The van der Waals surface area contributed by atoms with Gasteiger partial charge in [-0.2, -0.15) is 0 Å². The van der Waals surface area contributed by atoms with Crippen LogP contribution >= 0.6 is 23.2 Å². The maximum absolute atomic E-state index is 11.8. The number of methoxy groups -OCH3 is 1. The van der Waals surface area contributed by atoms with Crippen LogP contribution in [0.4, 0.5) is 0 Å². The maximum atomic E-state index is 11.8. The van der Waals surface area contributed by atoms with E-state index in [1.165, 1.54) is 24.3 Å². The van der Waals surface area contributed by atoms with Gasteiger partial charge in [0, 0.05) is 24.2 Å². The normalized spacial score (nSPS) is 18.6. The predicted molar refractivity (Wildman–Crippen MR) is 157 cm³/mol. The number of imidazole rings is 1. The van der Waals surface area contributed by atoms with Gasteiger partial charge in [-0.15, -0.1) is 0 Å². The first-order valence-corrected chi connectivity index (χ1v) is 14.4. The number of carbonyl (C=O) groups is 1. The third-order valence-corrected chi connectivity index (χ3v) is 8.60. The Bertz CT molecular complexity index is 1600. The van der Waals surface area contributed by atoms with Crippen LogP contribution in [0.1, 0.15) is 52.3 Å². The van der Waals surface area contributed by atoms with E-state index in [-0.39, 0.29) is 17.7 Å². The van der Waals surface area contributed by atoms with Crippen molar-refractivity contribution >= 4 is 40.2 Å². The number of ether oxygens (including phenoxy) is 3. The van der Waals surface area contributed by atoms with Crippen LogP contribution in [0.3, 0.4) is 0 Å². The van der Waals surface area contributed by atoms with E-state index < -0.39 is 5.97 Å². The van der Waals surface area contributed by atoms with E-state index in [2.05, 4.69) is 22.5 Å². The van der Waals surface area contributed by atoms with Crippen LogP contribution < -0.4 is 9.47 Å². The zero-order valence-electron chi connectivity index (χ0n) is 22.9. The Hall–Kier alpha value is -3.30. The summed E-state index contributed by atoms with van der Waals surface area (Å²) in [7, 11) is 1.54. The van der Waals surface area contributed by atoms with Crippen LogP contribution in [0.5, 0.6) is 11.5 Å². The van der Waals surface area contributed by atoms with Crippen molar-refractivity contribution in [2.24, 2.45) is 0 Å². The van der Waals surface area contributed by atoms with E-state index in [4.69, 9.17) is 42.4 Å². The molecule has 41 heavy (non-hydrogen) atoms. The monoisotopic (exact) mass is 595 g/mol. The van der Waals surface area contributed by atoms with Gasteiger partial charge in [0.15, 0.2) is 0 Å². The van der Waals surface area contributed by atoms with Gasteiger partial charge in [-0.25, -0.2) is 9.78 Å². The summed E-state index contributed by atoms with van der Waals surface area (Å²) in [6, 6.07) is 14.9. The van der Waals surface area contributed by atoms with Crippen molar-refractivity contribution in [1.29, 1.82) is 0 Å². The Morgan fingerprint density at radius 2 is 1.93 bits per heavy atom. The Morgan fingerprint density at radius 3 is 2.61 bits per heavy atom. The number of aromatic nitrogens is 2. The van der Waals surface area contributed by atoms with Crippen molar-refractivity contribution in [2.45, 2.75) is 51.6 Å². The Morgan fingerprint density at radius 1 is 1.15 bits per heavy atom. The fourth-order valence-electron chi connectivity index (χ4n) is 5.60. The Kier molecular flexibility index (Phi) is 7.83. The summed E-state index contributed by atoms with van der Waals surface area (Å²) in [5, 5.41) is 11.0. The molecule has 8 nitrogen and oxygen atoms in total. The molecule has 3 heterocycles. The van der Waals surface area contributed by atoms with Gasteiger partial charge in [0.2, 0.25) is 0 Å². The van der Waals surface area contributed by atoms with Crippen LogP contribution in [0.15, 0.2) is 48.5 Å². The second-order valence-corrected chi connectivity index (χ2v) is 11.4. The SMILES string of the molecule is COc1cc(C(=O)O)cc2c1nc(CN1CCc3cc(Cl)c(OCc4ccc(Cl)cc4)cc3[C@@H]1C)n2C[C@@H]1CCO1. The molecule has 6 rings (SSSR count). The zero-order chi connectivity index (χ0) is 28.7. The van der Waals surface area contributed by atoms with Crippen LogP contribution in [0, 0.1) is 0 Å². The fourth-order valence-corrected chi connectivity index (χ4v) is 5.96. The number of nitrogens with zero attached hydrogens (tertiary/aromatic N) is 3. The number of hydrogen-bond acceptors (Lipinski definition) is 6. The number of carboxylic acid groups (broad SMARTS) is 1. The molecule has 2 aliphatic rings. The third-order valence-electron chi connectivity index (χ3n) is 8.06. The molecule has 4 aromatic rings. The predicted octanol–water partition coefficient (Wildman–Crippen LogP) is 6.54. The van der Waals surface area contributed by atoms with E-state index in [0.29, 0.717) is 46.8 Å². The Balaban J connectivity index is 1.29. The topological polar surface area (TPSA) is 86.0 Å². The minimum absolute atomic E-state index is 0.0765. The molecule has 2 atom stereocenters. The molecule has 1 fully saturated rings. The average Bonchev–Trinajstić information content (AvgIpc) is 3.28. The number of aromatic carboxylic acids is 1. The average molecular weight is 597 g/mol. The fraction of sp³-hybridized carbons (Fsp3) is 0.355. The van der Waals surface area contributed by atoms with Crippen LogP contribution in [-0.2, 0) is 30.9 Å². The molecule has 0 aliphatic carbocycles. The largest absolute Gasteiger partial charge is 0.494 e. The summed E-state index contributed by atoms with van der Waals surface area (Å²) in [6.45, 7) is 5.32. The molecule has 0 amide bonds. The highest BCUT2D eigenvalue weighted by Gasteiger charge is 2.29. The van der Waals surface area contributed by atoms with Gasteiger partial charge in [0.05, 0.1) is 42.4 Å². The lowest BCUT2D eigenvalue weighted by molar-refractivity contribution is -0.0592. The van der Waals surface area contributed by atoms with Crippen LogP contribution in [0.25, 0.3) is 11.0 Å². The minimum atomic E-state index is -1.01. The highest BCUT2D eigenvalue weighted by Crippen LogP contribution is 2.38. The van der Waals surface area contributed by atoms with Crippen molar-refractivity contribution in [3.63, 3.8) is 0 Å². The molecule has 2 aliphatic heterocycles. The molecule has 0 spiro atoms. The van der Waals surface area contributed by atoms with Gasteiger partial charge in [0.25, 0.3) is 0 Å². The summed E-state index contributed by atoms with van der Waals surface area (Å²) in [5.74, 6) is 0.936. The molecular formula is C31H31Cl2N3O5. The number of hydrogen-bond donors (Lipinski definition) is 1. The molecule has 10 heteroatoms. The summed E-state index contributed by atoms with van der Waals surface area (Å²) in [4.78, 5) is 19.2. The van der Waals surface area contributed by atoms with Crippen LogP contribution in [0.2, 0.25) is 10.0 Å². The summed E-state index contributed by atoms with van der Waals surface area (Å²) in [6.07, 6.45) is 1.88. The molecule has 0 unspecified atom stereocenters. The maximum Gasteiger partial charge on any atom is 0.335 e. The van der Waals surface area contributed by atoms with E-state index in [1.54, 1.807) is 6.07 Å². The number of rotatable bonds is 9. The zero-order valence-corrected chi connectivity index (χ0v) is 24.4. The van der Waals surface area contributed by atoms with E-state index in [9.17, 15) is 9.90 Å². The van der Waals surface area contributed by atoms with Gasteiger partial charge < -0.3 is 23.9 Å². The first kappa shape index (κ1) is 27.8. The number of carboxylic acids is 1. The van der Waals surface area contributed by atoms with Gasteiger partial charge in [0.1, 0.15) is 29.4 Å². The van der Waals surface area contributed by atoms with Gasteiger partial charge >= 0.3 is 5.97 Å². The van der Waals surface area contributed by atoms with Crippen molar-refractivity contribution in [1.82, 2.24) is 14.5 Å². The number of benzene rings is 3. The van der Waals surface area contributed by atoms with E-state index in [0.717, 1.165) is 42.9 Å². The van der Waals surface area contributed by atoms with E-state index >= 15 is 0 Å². The quantitative estimate of drug-likeness (QED) is 0.235. The smallest absolute Gasteiger partial charge is 0.335 e. The van der Waals surface area contributed by atoms with Crippen molar-refractivity contribution < 1.29 is 24.1 Å². The van der Waals surface area contributed by atoms with E-state index in [1.807, 2.05) is 30.3 Å². The van der Waals surface area contributed by atoms with Crippen molar-refractivity contribution in [3.8, 4) is 11.5 Å². The third kappa shape index (κ3) is 5.62. The standard InChI is InChI=1S/C31H31Cl2N3O5/c1-18-24-14-27(41-17-19-3-5-22(32)6-4-19)25(33)11-20(24)7-9-35(18)16-29-34-30-26(36(29)15-23-8-10-40-23)12-21(31(37)38)13-28(30)39-2/h3-6,11-14,18,23H,7-10,15-17H2,1-2H3,(H,37,38)/t18-,23-/m0/s1. The van der Waals surface area contributed by atoms with Crippen LogP contribution in [-0.4, -0.2) is 51.9 Å². The Labute approximate surface area is 248 Å². The lowest BCUT2D eigenvalue weighted by atomic mass is 9.93. The van der Waals surface area contributed by atoms with Crippen molar-refractivity contribution in [2.75, 3.05) is 20.3 Å². The molecule has 3 aromatic carbocycles. The lowest BCUT2D eigenvalue weighted by Gasteiger charge is -2.36. The molecule has 0 saturated carbocycles. The van der Waals surface area contributed by atoms with Gasteiger partial charge in [-0.05, 0) is 72.9 Å². The molecule has 1 saturated heterocycles. The molecule has 0 radical (unpaired) electrons. The molecule has 1 N–H and O–H groups in total. The molecule has 0 bridgehead atoms. The summed E-state index contributed by atoms with van der Waals surface area (Å²) in [5.41, 5.74) is 4.95. The first-order chi connectivity index (χ1) is 19.8. The minimum Gasteiger partial charge on any atom is -0.494 e. The molecule has 214 valence electrons.